The van der Waals surface area contributed by atoms with Crippen molar-refractivity contribution in [1.29, 1.82) is 0 Å². The molecule has 3 heteroatoms. The van der Waals surface area contributed by atoms with Gasteiger partial charge >= 0.3 is 0 Å². The highest BCUT2D eigenvalue weighted by molar-refractivity contribution is 5.76. The Labute approximate surface area is 139 Å². The predicted molar refractivity (Wildman–Crippen MR) is 92.2 cm³/mol. The monoisotopic (exact) mass is 312 g/mol. The lowest BCUT2D eigenvalue weighted by atomic mass is 9.82. The van der Waals surface area contributed by atoms with E-state index in [-0.39, 0.29) is 0 Å². The summed E-state index contributed by atoms with van der Waals surface area (Å²) < 4.78 is 0. The SMILES string of the molecule is O=C(CC1CCc2ccccc2C1)N1CC[C@@H]2CNC[C@@H]2CC1. The third-order valence-electron chi connectivity index (χ3n) is 6.28. The van der Waals surface area contributed by atoms with E-state index in [1.54, 1.807) is 0 Å². The molecule has 0 spiro atoms. The van der Waals surface area contributed by atoms with Crippen LogP contribution in [0.25, 0.3) is 0 Å². The zero-order chi connectivity index (χ0) is 15.6. The molecule has 1 amide bonds. The quantitative estimate of drug-likeness (QED) is 0.910. The molecule has 2 aliphatic heterocycles. The van der Waals surface area contributed by atoms with E-state index < -0.39 is 0 Å². The van der Waals surface area contributed by atoms with Crippen molar-refractivity contribution in [1.82, 2.24) is 10.2 Å². The van der Waals surface area contributed by atoms with Gasteiger partial charge in [-0.15, -0.1) is 0 Å². The maximum atomic E-state index is 12.8. The van der Waals surface area contributed by atoms with Gasteiger partial charge in [0.15, 0.2) is 0 Å². The summed E-state index contributed by atoms with van der Waals surface area (Å²) >= 11 is 0. The molecular weight excluding hydrogens is 284 g/mol. The maximum Gasteiger partial charge on any atom is 0.222 e. The van der Waals surface area contributed by atoms with Crippen LogP contribution in [0.15, 0.2) is 24.3 Å². The fraction of sp³-hybridized carbons (Fsp3) is 0.650. The molecule has 1 N–H and O–H groups in total. The average molecular weight is 312 g/mol. The van der Waals surface area contributed by atoms with E-state index in [2.05, 4.69) is 34.5 Å². The summed E-state index contributed by atoms with van der Waals surface area (Å²) in [5.74, 6) is 2.55. The van der Waals surface area contributed by atoms with E-state index in [1.165, 1.54) is 30.4 Å². The number of nitrogens with zero attached hydrogens (tertiary/aromatic N) is 1. The topological polar surface area (TPSA) is 32.3 Å². The van der Waals surface area contributed by atoms with Crippen LogP contribution in [-0.4, -0.2) is 37.0 Å². The summed E-state index contributed by atoms with van der Waals surface area (Å²) in [4.78, 5) is 14.9. The van der Waals surface area contributed by atoms with Gasteiger partial charge in [0, 0.05) is 19.5 Å². The minimum Gasteiger partial charge on any atom is -0.343 e. The van der Waals surface area contributed by atoms with E-state index in [4.69, 9.17) is 0 Å². The van der Waals surface area contributed by atoms with Crippen molar-refractivity contribution in [3.8, 4) is 0 Å². The molecule has 2 saturated heterocycles. The Morgan fingerprint density at radius 3 is 2.48 bits per heavy atom. The molecule has 0 saturated carbocycles. The van der Waals surface area contributed by atoms with Gasteiger partial charge in [-0.25, -0.2) is 0 Å². The Morgan fingerprint density at radius 1 is 1.04 bits per heavy atom. The van der Waals surface area contributed by atoms with Crippen LogP contribution in [0.3, 0.4) is 0 Å². The van der Waals surface area contributed by atoms with E-state index in [1.807, 2.05) is 0 Å². The lowest BCUT2D eigenvalue weighted by Gasteiger charge is -2.27. The third kappa shape index (κ3) is 3.30. The highest BCUT2D eigenvalue weighted by atomic mass is 16.2. The molecule has 3 nitrogen and oxygen atoms in total. The van der Waals surface area contributed by atoms with Crippen molar-refractivity contribution < 1.29 is 4.79 Å². The van der Waals surface area contributed by atoms with Gasteiger partial charge in [0.1, 0.15) is 0 Å². The van der Waals surface area contributed by atoms with Crippen LogP contribution >= 0.6 is 0 Å². The number of aryl methyl sites for hydroxylation is 1. The molecule has 1 aromatic carbocycles. The molecule has 23 heavy (non-hydrogen) atoms. The van der Waals surface area contributed by atoms with Crippen LogP contribution in [0.2, 0.25) is 0 Å². The Hall–Kier alpha value is -1.35. The molecule has 0 bridgehead atoms. The lowest BCUT2D eigenvalue weighted by Crippen LogP contribution is -2.34. The second kappa shape index (κ2) is 6.64. The molecule has 1 unspecified atom stereocenters. The Kier molecular flexibility index (Phi) is 4.39. The number of benzene rings is 1. The summed E-state index contributed by atoms with van der Waals surface area (Å²) in [5.41, 5.74) is 2.96. The van der Waals surface area contributed by atoms with Gasteiger partial charge in [-0.3, -0.25) is 4.79 Å². The van der Waals surface area contributed by atoms with E-state index in [0.29, 0.717) is 11.8 Å². The molecule has 1 aromatic rings. The van der Waals surface area contributed by atoms with E-state index >= 15 is 0 Å². The van der Waals surface area contributed by atoms with Crippen LogP contribution in [-0.2, 0) is 17.6 Å². The normalized spacial score (nSPS) is 30.4. The first-order valence-corrected chi connectivity index (χ1v) is 9.35. The molecule has 0 aromatic heterocycles. The largest absolute Gasteiger partial charge is 0.343 e. The fourth-order valence-electron chi connectivity index (χ4n) is 4.79. The molecular formula is C20H28N2O. The fourth-order valence-corrected chi connectivity index (χ4v) is 4.79. The van der Waals surface area contributed by atoms with Crippen LogP contribution in [0, 0.1) is 17.8 Å². The number of hydrogen-bond acceptors (Lipinski definition) is 2. The van der Waals surface area contributed by atoms with Gasteiger partial charge < -0.3 is 10.2 Å². The van der Waals surface area contributed by atoms with Crippen molar-refractivity contribution in [2.24, 2.45) is 17.8 Å². The summed E-state index contributed by atoms with van der Waals surface area (Å²) in [5, 5.41) is 3.51. The number of carbonyl (C=O) groups excluding carboxylic acids is 1. The number of rotatable bonds is 2. The first-order valence-electron chi connectivity index (χ1n) is 9.35. The molecule has 3 aliphatic rings. The number of likely N-dealkylation sites (tertiary alicyclic amines) is 1. The number of carbonyl (C=O) groups is 1. The summed E-state index contributed by atoms with van der Waals surface area (Å²) in [7, 11) is 0. The van der Waals surface area contributed by atoms with Crippen LogP contribution in [0.1, 0.15) is 36.8 Å². The molecule has 124 valence electrons. The van der Waals surface area contributed by atoms with Crippen molar-refractivity contribution >= 4 is 5.91 Å². The molecule has 2 fully saturated rings. The van der Waals surface area contributed by atoms with Crippen LogP contribution in [0.4, 0.5) is 0 Å². The molecule has 2 heterocycles. The summed E-state index contributed by atoms with van der Waals surface area (Å²) in [6, 6.07) is 8.75. The predicted octanol–water partition coefficient (Wildman–Crippen LogP) is 2.64. The number of nitrogens with one attached hydrogen (secondary N) is 1. The molecule has 3 atom stereocenters. The number of hydrogen-bond donors (Lipinski definition) is 1. The van der Waals surface area contributed by atoms with Gasteiger partial charge in [-0.05, 0) is 74.1 Å². The standard InChI is InChI=1S/C20H28N2O/c23-20(22-9-7-18-13-21-14-19(18)8-10-22)12-15-5-6-16-3-1-2-4-17(16)11-15/h1-4,15,18-19,21H,5-14H2/t15?,18-,19+. The van der Waals surface area contributed by atoms with Gasteiger partial charge in [-0.2, -0.15) is 0 Å². The molecule has 0 radical (unpaired) electrons. The average Bonchev–Trinajstić information content (AvgIpc) is 2.93. The minimum absolute atomic E-state index is 0.405. The highest BCUT2D eigenvalue weighted by Gasteiger charge is 2.32. The number of fused-ring (bicyclic) bond motifs is 2. The lowest BCUT2D eigenvalue weighted by molar-refractivity contribution is -0.132. The molecule has 4 rings (SSSR count). The van der Waals surface area contributed by atoms with Gasteiger partial charge in [0.2, 0.25) is 5.91 Å². The minimum atomic E-state index is 0.405. The first-order chi connectivity index (χ1) is 11.3. The smallest absolute Gasteiger partial charge is 0.222 e. The van der Waals surface area contributed by atoms with Gasteiger partial charge in [0.05, 0.1) is 0 Å². The second-order valence-corrected chi connectivity index (χ2v) is 7.72. The van der Waals surface area contributed by atoms with Crippen LogP contribution < -0.4 is 5.32 Å². The Bertz CT molecular complexity index is 557. The second-order valence-electron chi connectivity index (χ2n) is 7.72. The Morgan fingerprint density at radius 2 is 1.74 bits per heavy atom. The van der Waals surface area contributed by atoms with E-state index in [9.17, 15) is 4.79 Å². The Balaban J connectivity index is 1.33. The molecule has 1 aliphatic carbocycles. The zero-order valence-corrected chi connectivity index (χ0v) is 14.0. The number of amides is 1. The van der Waals surface area contributed by atoms with Gasteiger partial charge in [0.25, 0.3) is 0 Å². The first kappa shape index (κ1) is 15.2. The van der Waals surface area contributed by atoms with Gasteiger partial charge in [-0.1, -0.05) is 24.3 Å². The van der Waals surface area contributed by atoms with Crippen molar-refractivity contribution in [2.45, 2.75) is 38.5 Å². The third-order valence-corrected chi connectivity index (χ3v) is 6.28. The van der Waals surface area contributed by atoms with Crippen molar-refractivity contribution in [3.63, 3.8) is 0 Å². The maximum absolute atomic E-state index is 12.8. The van der Waals surface area contributed by atoms with Crippen molar-refractivity contribution in [3.05, 3.63) is 35.4 Å². The summed E-state index contributed by atoms with van der Waals surface area (Å²) in [6.07, 6.45) is 6.54. The highest BCUT2D eigenvalue weighted by Crippen LogP contribution is 2.30. The van der Waals surface area contributed by atoms with E-state index in [0.717, 1.165) is 57.3 Å². The van der Waals surface area contributed by atoms with Crippen molar-refractivity contribution in [2.75, 3.05) is 26.2 Å². The summed E-state index contributed by atoms with van der Waals surface area (Å²) in [6.45, 7) is 4.27. The van der Waals surface area contributed by atoms with Crippen LogP contribution in [0.5, 0.6) is 0 Å². The zero-order valence-electron chi connectivity index (χ0n) is 14.0.